The summed E-state index contributed by atoms with van der Waals surface area (Å²) in [6.45, 7) is 8.39. The first-order valence-corrected chi connectivity index (χ1v) is 8.13. The Kier molecular flexibility index (Phi) is 5.51. The summed E-state index contributed by atoms with van der Waals surface area (Å²) in [6, 6.07) is -0.00138. The van der Waals surface area contributed by atoms with Crippen molar-refractivity contribution in [2.75, 3.05) is 26.2 Å². The first-order valence-electron chi connectivity index (χ1n) is 7.25. The van der Waals surface area contributed by atoms with Crippen molar-refractivity contribution in [3.05, 3.63) is 16.1 Å². The number of aryl methyl sites for hydroxylation is 1. The van der Waals surface area contributed by atoms with Crippen molar-refractivity contribution < 1.29 is 4.79 Å². The summed E-state index contributed by atoms with van der Waals surface area (Å²) in [5, 5.41) is 3.23. The molecule has 2 N–H and O–H groups in total. The van der Waals surface area contributed by atoms with Crippen LogP contribution in [0.15, 0.2) is 5.38 Å². The SMILES string of the molecule is CCC(N)CC(=O)N1CCN(Cc2csc(C)n2)CC1. The number of nitrogens with zero attached hydrogens (tertiary/aromatic N) is 3. The smallest absolute Gasteiger partial charge is 0.224 e. The van der Waals surface area contributed by atoms with Gasteiger partial charge in [-0.15, -0.1) is 11.3 Å². The summed E-state index contributed by atoms with van der Waals surface area (Å²) >= 11 is 1.69. The lowest BCUT2D eigenvalue weighted by atomic mass is 10.1. The fourth-order valence-corrected chi connectivity index (χ4v) is 2.97. The molecule has 1 saturated heterocycles. The summed E-state index contributed by atoms with van der Waals surface area (Å²) in [6.07, 6.45) is 1.33. The number of carbonyl (C=O) groups excluding carboxylic acids is 1. The zero-order chi connectivity index (χ0) is 14.5. The summed E-state index contributed by atoms with van der Waals surface area (Å²) in [4.78, 5) is 20.8. The number of piperazine rings is 1. The molecule has 0 spiro atoms. The summed E-state index contributed by atoms with van der Waals surface area (Å²) in [5.41, 5.74) is 6.99. The molecule has 5 nitrogen and oxygen atoms in total. The normalized spacial score (nSPS) is 18.2. The number of aromatic nitrogens is 1. The van der Waals surface area contributed by atoms with Gasteiger partial charge in [0.1, 0.15) is 0 Å². The number of thiazole rings is 1. The molecule has 0 aromatic carbocycles. The van der Waals surface area contributed by atoms with Crippen LogP contribution in [-0.2, 0) is 11.3 Å². The molecular formula is C14H24N4OS. The summed E-state index contributed by atoms with van der Waals surface area (Å²) in [5.74, 6) is 0.198. The van der Waals surface area contributed by atoms with Crippen molar-refractivity contribution >= 4 is 17.2 Å². The molecule has 2 rings (SSSR count). The predicted molar refractivity (Wildman–Crippen MR) is 81.6 cm³/mol. The van der Waals surface area contributed by atoms with Gasteiger partial charge in [-0.25, -0.2) is 4.98 Å². The quantitative estimate of drug-likeness (QED) is 0.887. The third-order valence-corrected chi connectivity index (χ3v) is 4.56. The lowest BCUT2D eigenvalue weighted by Gasteiger charge is -2.34. The van der Waals surface area contributed by atoms with Gasteiger partial charge in [0.05, 0.1) is 10.7 Å². The molecule has 0 aliphatic carbocycles. The minimum absolute atomic E-state index is 0.00138. The Morgan fingerprint density at radius 3 is 2.70 bits per heavy atom. The van der Waals surface area contributed by atoms with Gasteiger partial charge in [0.25, 0.3) is 0 Å². The van der Waals surface area contributed by atoms with Crippen molar-refractivity contribution in [1.82, 2.24) is 14.8 Å². The molecule has 0 saturated carbocycles. The number of hydrogen-bond acceptors (Lipinski definition) is 5. The van der Waals surface area contributed by atoms with Gasteiger partial charge in [-0.05, 0) is 13.3 Å². The molecule has 20 heavy (non-hydrogen) atoms. The molecule has 1 atom stereocenters. The Hall–Kier alpha value is -0.980. The first kappa shape index (κ1) is 15.4. The lowest BCUT2D eigenvalue weighted by Crippen LogP contribution is -2.49. The Morgan fingerprint density at radius 2 is 2.15 bits per heavy atom. The molecule has 1 aromatic heterocycles. The van der Waals surface area contributed by atoms with Gasteiger partial charge in [0, 0.05) is 50.6 Å². The molecule has 1 aromatic rings. The molecule has 0 radical (unpaired) electrons. The average Bonchev–Trinajstić information content (AvgIpc) is 2.84. The van der Waals surface area contributed by atoms with E-state index in [1.165, 1.54) is 0 Å². The Balaban J connectivity index is 1.76. The second kappa shape index (κ2) is 7.15. The molecule has 112 valence electrons. The monoisotopic (exact) mass is 296 g/mol. The van der Waals surface area contributed by atoms with Crippen LogP contribution in [0.1, 0.15) is 30.5 Å². The zero-order valence-corrected chi connectivity index (χ0v) is 13.2. The van der Waals surface area contributed by atoms with E-state index in [1.807, 2.05) is 18.7 Å². The van der Waals surface area contributed by atoms with Gasteiger partial charge < -0.3 is 10.6 Å². The first-order chi connectivity index (χ1) is 9.58. The largest absolute Gasteiger partial charge is 0.340 e. The minimum atomic E-state index is -0.00138. The van der Waals surface area contributed by atoms with Gasteiger partial charge in [-0.1, -0.05) is 6.92 Å². The highest BCUT2D eigenvalue weighted by molar-refractivity contribution is 7.09. The van der Waals surface area contributed by atoms with E-state index in [9.17, 15) is 4.79 Å². The van der Waals surface area contributed by atoms with Crippen LogP contribution in [0.25, 0.3) is 0 Å². The van der Waals surface area contributed by atoms with E-state index in [-0.39, 0.29) is 11.9 Å². The molecule has 2 heterocycles. The second-order valence-corrected chi connectivity index (χ2v) is 6.45. The second-order valence-electron chi connectivity index (χ2n) is 5.39. The van der Waals surface area contributed by atoms with E-state index in [0.717, 1.165) is 49.8 Å². The average molecular weight is 296 g/mol. The number of rotatable bonds is 5. The number of hydrogen-bond donors (Lipinski definition) is 1. The van der Waals surface area contributed by atoms with Crippen LogP contribution in [-0.4, -0.2) is 52.9 Å². The lowest BCUT2D eigenvalue weighted by molar-refractivity contribution is -0.133. The van der Waals surface area contributed by atoms with Crippen LogP contribution in [0, 0.1) is 6.92 Å². The van der Waals surface area contributed by atoms with Gasteiger partial charge in [-0.3, -0.25) is 9.69 Å². The van der Waals surface area contributed by atoms with Crippen LogP contribution in [0.2, 0.25) is 0 Å². The Morgan fingerprint density at radius 1 is 1.45 bits per heavy atom. The van der Waals surface area contributed by atoms with Crippen LogP contribution in [0.3, 0.4) is 0 Å². The number of nitrogens with two attached hydrogens (primary N) is 1. The fourth-order valence-electron chi connectivity index (χ4n) is 2.36. The van der Waals surface area contributed by atoms with Crippen LogP contribution < -0.4 is 5.73 Å². The highest BCUT2D eigenvalue weighted by atomic mass is 32.1. The molecule has 6 heteroatoms. The van der Waals surface area contributed by atoms with E-state index in [2.05, 4.69) is 15.3 Å². The zero-order valence-electron chi connectivity index (χ0n) is 12.3. The third kappa shape index (κ3) is 4.26. The van der Waals surface area contributed by atoms with E-state index >= 15 is 0 Å². The van der Waals surface area contributed by atoms with Crippen LogP contribution in [0.4, 0.5) is 0 Å². The van der Waals surface area contributed by atoms with Crippen molar-refractivity contribution in [1.29, 1.82) is 0 Å². The van der Waals surface area contributed by atoms with Gasteiger partial charge in [0.15, 0.2) is 0 Å². The maximum Gasteiger partial charge on any atom is 0.224 e. The molecular weight excluding hydrogens is 272 g/mol. The molecule has 1 fully saturated rings. The number of carbonyl (C=O) groups is 1. The van der Waals surface area contributed by atoms with Crippen LogP contribution >= 0.6 is 11.3 Å². The molecule has 1 amide bonds. The van der Waals surface area contributed by atoms with Gasteiger partial charge in [0.2, 0.25) is 5.91 Å². The highest BCUT2D eigenvalue weighted by Crippen LogP contribution is 2.13. The summed E-state index contributed by atoms with van der Waals surface area (Å²) < 4.78 is 0. The Labute approximate surface area is 124 Å². The summed E-state index contributed by atoms with van der Waals surface area (Å²) in [7, 11) is 0. The highest BCUT2D eigenvalue weighted by Gasteiger charge is 2.22. The van der Waals surface area contributed by atoms with E-state index in [4.69, 9.17) is 5.73 Å². The minimum Gasteiger partial charge on any atom is -0.340 e. The third-order valence-electron chi connectivity index (χ3n) is 3.74. The van der Waals surface area contributed by atoms with Crippen molar-refractivity contribution in [3.8, 4) is 0 Å². The van der Waals surface area contributed by atoms with Crippen molar-refractivity contribution in [3.63, 3.8) is 0 Å². The Bertz CT molecular complexity index is 440. The van der Waals surface area contributed by atoms with Crippen molar-refractivity contribution in [2.45, 2.75) is 39.3 Å². The van der Waals surface area contributed by atoms with Crippen molar-refractivity contribution in [2.24, 2.45) is 5.73 Å². The molecule has 1 aliphatic heterocycles. The maximum atomic E-state index is 12.1. The van der Waals surface area contributed by atoms with Gasteiger partial charge in [-0.2, -0.15) is 0 Å². The molecule has 0 bridgehead atoms. The predicted octanol–water partition coefficient (Wildman–Crippen LogP) is 1.22. The topological polar surface area (TPSA) is 62.5 Å². The van der Waals surface area contributed by atoms with Crippen LogP contribution in [0.5, 0.6) is 0 Å². The number of amides is 1. The van der Waals surface area contributed by atoms with Gasteiger partial charge >= 0.3 is 0 Å². The molecule has 1 unspecified atom stereocenters. The molecule has 1 aliphatic rings. The standard InChI is InChI=1S/C14H24N4OS/c1-3-12(15)8-14(19)18-6-4-17(5-7-18)9-13-10-20-11(2)16-13/h10,12H,3-9,15H2,1-2H3. The van der Waals surface area contributed by atoms with E-state index in [0.29, 0.717) is 6.42 Å². The fraction of sp³-hybridized carbons (Fsp3) is 0.714. The van der Waals surface area contributed by atoms with E-state index < -0.39 is 0 Å². The maximum absolute atomic E-state index is 12.1. The van der Waals surface area contributed by atoms with E-state index in [1.54, 1.807) is 11.3 Å².